The molecule has 0 radical (unpaired) electrons. The van der Waals surface area contributed by atoms with Crippen molar-refractivity contribution < 1.29 is 4.74 Å². The lowest BCUT2D eigenvalue weighted by atomic mass is 10.2. The zero-order valence-corrected chi connectivity index (χ0v) is 16.2. The maximum atomic E-state index is 5.96. The molecule has 0 aliphatic rings. The monoisotopic (exact) mass is 391 g/mol. The molecule has 2 aromatic rings. The summed E-state index contributed by atoms with van der Waals surface area (Å²) in [6, 6.07) is 12.5. The van der Waals surface area contributed by atoms with E-state index in [0.717, 1.165) is 41.1 Å². The van der Waals surface area contributed by atoms with Gasteiger partial charge in [-0.2, -0.15) is 0 Å². The molecular weight excluding hydrogens is 366 g/mol. The Balaban J connectivity index is 1.90. The number of nitrogens with zero attached hydrogens (tertiary/aromatic N) is 2. The van der Waals surface area contributed by atoms with Gasteiger partial charge in [0.2, 0.25) is 0 Å². The summed E-state index contributed by atoms with van der Waals surface area (Å²) < 4.78 is 7.02. The minimum absolute atomic E-state index is 0.478. The molecule has 0 amide bonds. The molecule has 4 nitrogen and oxygen atoms in total. The molecule has 0 bridgehead atoms. The summed E-state index contributed by atoms with van der Waals surface area (Å²) in [6.45, 7) is 7.64. The molecule has 1 N–H and O–H groups in total. The maximum Gasteiger partial charge on any atom is 0.130 e. The van der Waals surface area contributed by atoms with Crippen LogP contribution in [0, 0.1) is 0 Å². The molecule has 1 heterocycles. The highest BCUT2D eigenvalue weighted by Gasteiger charge is 2.07. The molecule has 2 rings (SSSR count). The third-order valence-corrected chi connectivity index (χ3v) is 4.46. The molecule has 0 spiro atoms. The van der Waals surface area contributed by atoms with Gasteiger partial charge in [0.05, 0.1) is 5.69 Å². The van der Waals surface area contributed by atoms with E-state index in [1.807, 2.05) is 30.3 Å². The van der Waals surface area contributed by atoms with Gasteiger partial charge in [-0.25, -0.2) is 0 Å². The fourth-order valence-corrected chi connectivity index (χ4v) is 2.61. The summed E-state index contributed by atoms with van der Waals surface area (Å²) in [6.07, 6.45) is 1.79. The Morgan fingerprint density at radius 1 is 1.25 bits per heavy atom. The number of hydrogen-bond acceptors (Lipinski definition) is 4. The molecule has 5 heteroatoms. The highest BCUT2D eigenvalue weighted by atomic mass is 79.9. The summed E-state index contributed by atoms with van der Waals surface area (Å²) in [5.74, 6) is 0.897. The van der Waals surface area contributed by atoms with Crippen LogP contribution in [0.5, 0.6) is 5.75 Å². The highest BCUT2D eigenvalue weighted by molar-refractivity contribution is 9.10. The first-order valence-electron chi connectivity index (χ1n) is 8.28. The standard InChI is InChI=1S/C19H26BrN3O/c1-15(2)23(3)11-10-21-13-16-12-17(20)7-8-19(16)24-14-18-6-4-5-9-22-18/h4-9,12,15,21H,10-11,13-14H2,1-3H3. The SMILES string of the molecule is CC(C)N(C)CCNCc1cc(Br)ccc1OCc1ccccn1. The van der Waals surface area contributed by atoms with Crippen molar-refractivity contribution in [3.63, 3.8) is 0 Å². The number of pyridine rings is 1. The van der Waals surface area contributed by atoms with Gasteiger partial charge >= 0.3 is 0 Å². The van der Waals surface area contributed by atoms with E-state index in [0.29, 0.717) is 12.6 Å². The summed E-state index contributed by atoms with van der Waals surface area (Å²) in [7, 11) is 2.15. The van der Waals surface area contributed by atoms with Crippen molar-refractivity contribution in [2.75, 3.05) is 20.1 Å². The smallest absolute Gasteiger partial charge is 0.130 e. The summed E-state index contributed by atoms with van der Waals surface area (Å²) in [4.78, 5) is 6.62. The molecule has 1 aromatic heterocycles. The Hall–Kier alpha value is -1.43. The molecule has 0 saturated carbocycles. The van der Waals surface area contributed by atoms with Crippen molar-refractivity contribution in [3.05, 3.63) is 58.3 Å². The molecule has 130 valence electrons. The third-order valence-electron chi connectivity index (χ3n) is 3.96. The first-order valence-corrected chi connectivity index (χ1v) is 9.07. The Morgan fingerprint density at radius 3 is 2.79 bits per heavy atom. The second-order valence-corrected chi connectivity index (χ2v) is 7.03. The lowest BCUT2D eigenvalue weighted by Gasteiger charge is -2.21. The van der Waals surface area contributed by atoms with Gasteiger partial charge in [0.15, 0.2) is 0 Å². The van der Waals surface area contributed by atoms with Gasteiger partial charge < -0.3 is 15.0 Å². The van der Waals surface area contributed by atoms with Crippen molar-refractivity contribution in [3.8, 4) is 5.75 Å². The van der Waals surface area contributed by atoms with E-state index in [1.165, 1.54) is 0 Å². The van der Waals surface area contributed by atoms with Crippen LogP contribution in [0.3, 0.4) is 0 Å². The van der Waals surface area contributed by atoms with Gasteiger partial charge in [-0.3, -0.25) is 4.98 Å². The predicted molar refractivity (Wildman–Crippen MR) is 102 cm³/mol. The van der Waals surface area contributed by atoms with E-state index in [-0.39, 0.29) is 0 Å². The molecule has 0 fully saturated rings. The Bertz CT molecular complexity index is 619. The van der Waals surface area contributed by atoms with E-state index >= 15 is 0 Å². The predicted octanol–water partition coefficient (Wildman–Crippen LogP) is 3.85. The van der Waals surface area contributed by atoms with Gasteiger partial charge in [0.25, 0.3) is 0 Å². The van der Waals surface area contributed by atoms with Crippen LogP contribution in [0.15, 0.2) is 47.1 Å². The average molecular weight is 392 g/mol. The largest absolute Gasteiger partial charge is 0.487 e. The van der Waals surface area contributed by atoms with Crippen LogP contribution in [0.4, 0.5) is 0 Å². The van der Waals surface area contributed by atoms with Crippen molar-refractivity contribution in [2.45, 2.75) is 33.0 Å². The summed E-state index contributed by atoms with van der Waals surface area (Å²) in [5.41, 5.74) is 2.07. The number of aromatic nitrogens is 1. The van der Waals surface area contributed by atoms with Crippen molar-refractivity contribution in [1.82, 2.24) is 15.2 Å². The number of benzene rings is 1. The quantitative estimate of drug-likeness (QED) is 0.658. The molecular formula is C19H26BrN3O. The van der Waals surface area contributed by atoms with Crippen LogP contribution in [-0.2, 0) is 13.2 Å². The average Bonchev–Trinajstić information content (AvgIpc) is 2.58. The van der Waals surface area contributed by atoms with E-state index in [9.17, 15) is 0 Å². The fraction of sp³-hybridized carbons (Fsp3) is 0.421. The maximum absolute atomic E-state index is 5.96. The van der Waals surface area contributed by atoms with E-state index in [4.69, 9.17) is 4.74 Å². The van der Waals surface area contributed by atoms with Crippen LogP contribution in [0.2, 0.25) is 0 Å². The first kappa shape index (κ1) is 18.9. The van der Waals surface area contributed by atoms with E-state index in [2.05, 4.69) is 58.1 Å². The lowest BCUT2D eigenvalue weighted by Crippen LogP contribution is -2.33. The minimum atomic E-state index is 0.478. The summed E-state index contributed by atoms with van der Waals surface area (Å²) in [5, 5.41) is 3.50. The zero-order chi connectivity index (χ0) is 17.4. The van der Waals surface area contributed by atoms with Crippen LogP contribution in [-0.4, -0.2) is 36.1 Å². The summed E-state index contributed by atoms with van der Waals surface area (Å²) >= 11 is 3.54. The van der Waals surface area contributed by atoms with Crippen LogP contribution >= 0.6 is 15.9 Å². The van der Waals surface area contributed by atoms with Gasteiger partial charge in [-0.1, -0.05) is 22.0 Å². The van der Waals surface area contributed by atoms with Gasteiger partial charge in [0.1, 0.15) is 12.4 Å². The van der Waals surface area contributed by atoms with Gasteiger partial charge in [-0.15, -0.1) is 0 Å². The Morgan fingerprint density at radius 2 is 2.08 bits per heavy atom. The second-order valence-electron chi connectivity index (χ2n) is 6.11. The minimum Gasteiger partial charge on any atom is -0.487 e. The molecule has 0 aliphatic heterocycles. The van der Waals surface area contributed by atoms with Gasteiger partial charge in [-0.05, 0) is 51.2 Å². The normalized spacial score (nSPS) is 11.2. The first-order chi connectivity index (χ1) is 11.6. The Kier molecular flexibility index (Phi) is 7.69. The highest BCUT2D eigenvalue weighted by Crippen LogP contribution is 2.24. The number of likely N-dealkylation sites (N-methyl/N-ethyl adjacent to an activating group) is 1. The number of rotatable bonds is 9. The van der Waals surface area contributed by atoms with Crippen LogP contribution < -0.4 is 10.1 Å². The number of nitrogens with one attached hydrogen (secondary N) is 1. The molecule has 0 saturated heterocycles. The van der Waals surface area contributed by atoms with Crippen LogP contribution in [0.1, 0.15) is 25.1 Å². The van der Waals surface area contributed by atoms with Crippen molar-refractivity contribution in [1.29, 1.82) is 0 Å². The molecule has 1 aromatic carbocycles. The molecule has 24 heavy (non-hydrogen) atoms. The zero-order valence-electron chi connectivity index (χ0n) is 14.6. The number of ether oxygens (including phenoxy) is 1. The fourth-order valence-electron chi connectivity index (χ4n) is 2.20. The van der Waals surface area contributed by atoms with Crippen molar-refractivity contribution >= 4 is 15.9 Å². The Labute approximate surface area is 153 Å². The van der Waals surface area contributed by atoms with Gasteiger partial charge in [0, 0.05) is 41.9 Å². The third kappa shape index (κ3) is 6.23. The number of hydrogen-bond donors (Lipinski definition) is 1. The molecule has 0 aliphatic carbocycles. The van der Waals surface area contributed by atoms with Crippen molar-refractivity contribution in [2.24, 2.45) is 0 Å². The molecule has 0 atom stereocenters. The lowest BCUT2D eigenvalue weighted by molar-refractivity contribution is 0.272. The number of halogens is 1. The van der Waals surface area contributed by atoms with E-state index in [1.54, 1.807) is 6.20 Å². The topological polar surface area (TPSA) is 37.4 Å². The van der Waals surface area contributed by atoms with E-state index < -0.39 is 0 Å². The second kappa shape index (κ2) is 9.77. The van der Waals surface area contributed by atoms with Crippen LogP contribution in [0.25, 0.3) is 0 Å². The molecule has 0 unspecified atom stereocenters.